The highest BCUT2D eigenvalue weighted by Crippen LogP contribution is 2.39. The zero-order valence-electron chi connectivity index (χ0n) is 13.2. The Kier molecular flexibility index (Phi) is 4.03. The number of piperidine rings is 1. The fraction of sp³-hybridized carbons (Fsp3) is 0.611. The zero-order chi connectivity index (χ0) is 14.9. The van der Waals surface area contributed by atoms with Crippen molar-refractivity contribution in [2.45, 2.75) is 52.0 Å². The minimum atomic E-state index is -0.104. The number of ketones is 1. The molecule has 0 bridgehead atoms. The van der Waals surface area contributed by atoms with Gasteiger partial charge in [0.1, 0.15) is 0 Å². The summed E-state index contributed by atoms with van der Waals surface area (Å²) in [5.41, 5.74) is 3.64. The van der Waals surface area contributed by atoms with Crippen molar-refractivity contribution in [2.24, 2.45) is 5.41 Å². The summed E-state index contributed by atoms with van der Waals surface area (Å²) in [6, 6.07) is 6.34. The summed E-state index contributed by atoms with van der Waals surface area (Å²) in [5.74, 6) is 0.446. The van der Waals surface area contributed by atoms with Gasteiger partial charge in [0.2, 0.25) is 0 Å². The highest BCUT2D eigenvalue weighted by molar-refractivity contribution is 5.94. The van der Waals surface area contributed by atoms with Gasteiger partial charge in [-0.3, -0.25) is 4.79 Å². The molecule has 0 amide bonds. The highest BCUT2D eigenvalue weighted by Gasteiger charge is 2.43. The molecule has 1 unspecified atom stereocenters. The van der Waals surface area contributed by atoms with E-state index in [1.807, 2.05) is 0 Å². The average molecular weight is 286 g/mol. The molecule has 3 nitrogen and oxygen atoms in total. The van der Waals surface area contributed by atoms with E-state index < -0.39 is 0 Å². The minimum Gasteiger partial charge on any atom is -0.375 e. The molecule has 114 valence electrons. The van der Waals surface area contributed by atoms with Crippen LogP contribution in [-0.2, 0) is 11.2 Å². The Balaban J connectivity index is 1.81. The van der Waals surface area contributed by atoms with Crippen molar-refractivity contribution >= 4 is 11.5 Å². The predicted molar refractivity (Wildman–Crippen MR) is 86.7 cm³/mol. The quantitative estimate of drug-likeness (QED) is 0.894. The number of fused-ring (bicyclic) bond motifs is 1. The molecule has 0 spiro atoms. The number of nitrogens with one attached hydrogen (secondary N) is 2. The molecule has 2 heterocycles. The van der Waals surface area contributed by atoms with Crippen LogP contribution in [0, 0.1) is 12.3 Å². The molecule has 0 aliphatic carbocycles. The van der Waals surface area contributed by atoms with Gasteiger partial charge in [-0.05, 0) is 50.4 Å². The van der Waals surface area contributed by atoms with Crippen LogP contribution in [0.2, 0.25) is 0 Å². The van der Waals surface area contributed by atoms with Crippen LogP contribution in [0.4, 0.5) is 5.69 Å². The van der Waals surface area contributed by atoms with E-state index >= 15 is 0 Å². The summed E-state index contributed by atoms with van der Waals surface area (Å²) in [5, 5.41) is 6.91. The van der Waals surface area contributed by atoms with Crippen molar-refractivity contribution in [1.29, 1.82) is 0 Å². The predicted octanol–water partition coefficient (Wildman–Crippen LogP) is 3.07. The molecule has 2 aliphatic heterocycles. The smallest absolute Gasteiger partial charge is 0.161 e. The van der Waals surface area contributed by atoms with Gasteiger partial charge in [-0.2, -0.15) is 0 Å². The Morgan fingerprint density at radius 1 is 1.33 bits per heavy atom. The third kappa shape index (κ3) is 2.59. The lowest BCUT2D eigenvalue weighted by Gasteiger charge is -2.38. The van der Waals surface area contributed by atoms with E-state index in [1.54, 1.807) is 0 Å². The topological polar surface area (TPSA) is 41.1 Å². The maximum Gasteiger partial charge on any atom is 0.161 e. The van der Waals surface area contributed by atoms with Crippen molar-refractivity contribution in [3.05, 3.63) is 29.3 Å². The van der Waals surface area contributed by atoms with E-state index in [0.29, 0.717) is 5.78 Å². The summed E-state index contributed by atoms with van der Waals surface area (Å²) in [7, 11) is 0. The van der Waals surface area contributed by atoms with Gasteiger partial charge in [0.15, 0.2) is 5.78 Å². The first-order valence-electron chi connectivity index (χ1n) is 8.26. The van der Waals surface area contributed by atoms with E-state index in [0.717, 1.165) is 45.2 Å². The first-order valence-corrected chi connectivity index (χ1v) is 8.26. The van der Waals surface area contributed by atoms with Crippen LogP contribution in [0.1, 0.15) is 43.7 Å². The molecular weight excluding hydrogens is 260 g/mol. The normalized spacial score (nSPS) is 23.4. The highest BCUT2D eigenvalue weighted by atomic mass is 16.1. The molecule has 3 heteroatoms. The van der Waals surface area contributed by atoms with Gasteiger partial charge >= 0.3 is 0 Å². The van der Waals surface area contributed by atoms with Crippen molar-refractivity contribution in [2.75, 3.05) is 18.4 Å². The first kappa shape index (κ1) is 14.6. The number of benzene rings is 1. The monoisotopic (exact) mass is 286 g/mol. The Morgan fingerprint density at radius 3 is 2.76 bits per heavy atom. The molecule has 0 radical (unpaired) electrons. The Hall–Kier alpha value is -1.35. The number of rotatable bonds is 4. The van der Waals surface area contributed by atoms with E-state index in [2.05, 4.69) is 42.7 Å². The number of hydrogen-bond acceptors (Lipinski definition) is 3. The van der Waals surface area contributed by atoms with Crippen LogP contribution in [-0.4, -0.2) is 24.9 Å². The van der Waals surface area contributed by atoms with Crippen LogP contribution in [0.3, 0.4) is 0 Å². The molecular formula is C18H26N2O. The number of para-hydroxylation sites is 1. The van der Waals surface area contributed by atoms with Crippen LogP contribution in [0.5, 0.6) is 0 Å². The Bertz CT molecular complexity index is 527. The van der Waals surface area contributed by atoms with Crippen molar-refractivity contribution in [3.63, 3.8) is 0 Å². The fourth-order valence-electron chi connectivity index (χ4n) is 4.08. The fourth-order valence-corrected chi connectivity index (χ4v) is 4.08. The number of carbonyl (C=O) groups excluding carboxylic acids is 1. The number of Topliss-reactive ketones (excluding diaryl/α,β-unsaturated/α-hetero) is 1. The summed E-state index contributed by atoms with van der Waals surface area (Å²) < 4.78 is 0. The van der Waals surface area contributed by atoms with Crippen LogP contribution in [0.15, 0.2) is 18.2 Å². The average Bonchev–Trinajstić information content (AvgIpc) is 2.93. The number of carbonyl (C=O) groups is 1. The maximum absolute atomic E-state index is 13.2. The standard InChI is InChI=1S/C18H26N2O/c1-3-7-18(8-10-19-11-9-18)17(21)15-12-14-6-4-5-13(2)16(14)20-15/h4-6,15,19-20H,3,7-12H2,1-2H3. The van der Waals surface area contributed by atoms with Crippen LogP contribution < -0.4 is 10.6 Å². The van der Waals surface area contributed by atoms with Gasteiger partial charge in [0, 0.05) is 17.5 Å². The van der Waals surface area contributed by atoms with Gasteiger partial charge < -0.3 is 10.6 Å². The lowest BCUT2D eigenvalue weighted by molar-refractivity contribution is -0.131. The van der Waals surface area contributed by atoms with Gasteiger partial charge in [0.05, 0.1) is 6.04 Å². The van der Waals surface area contributed by atoms with Crippen molar-refractivity contribution < 1.29 is 4.79 Å². The molecule has 1 fully saturated rings. The van der Waals surface area contributed by atoms with Crippen LogP contribution in [0.25, 0.3) is 0 Å². The zero-order valence-corrected chi connectivity index (χ0v) is 13.2. The Morgan fingerprint density at radius 2 is 2.10 bits per heavy atom. The van der Waals surface area contributed by atoms with Crippen molar-refractivity contribution in [3.8, 4) is 0 Å². The molecule has 1 atom stereocenters. The molecule has 21 heavy (non-hydrogen) atoms. The second-order valence-corrected chi connectivity index (χ2v) is 6.65. The maximum atomic E-state index is 13.2. The number of anilines is 1. The van der Waals surface area contributed by atoms with E-state index in [4.69, 9.17) is 0 Å². The van der Waals surface area contributed by atoms with Crippen molar-refractivity contribution in [1.82, 2.24) is 5.32 Å². The third-order valence-corrected chi connectivity index (χ3v) is 5.23. The second kappa shape index (κ2) is 5.80. The molecule has 1 saturated heterocycles. The summed E-state index contributed by atoms with van der Waals surface area (Å²) in [6.45, 7) is 6.26. The largest absolute Gasteiger partial charge is 0.375 e. The molecule has 1 aromatic carbocycles. The minimum absolute atomic E-state index is 0.0225. The second-order valence-electron chi connectivity index (χ2n) is 6.65. The lowest BCUT2D eigenvalue weighted by atomic mass is 9.70. The van der Waals surface area contributed by atoms with Gasteiger partial charge in [0.25, 0.3) is 0 Å². The van der Waals surface area contributed by atoms with E-state index in [-0.39, 0.29) is 11.5 Å². The summed E-state index contributed by atoms with van der Waals surface area (Å²) >= 11 is 0. The molecule has 0 saturated carbocycles. The molecule has 0 aromatic heterocycles. The van der Waals surface area contributed by atoms with Gasteiger partial charge in [-0.25, -0.2) is 0 Å². The molecule has 3 rings (SSSR count). The molecule has 2 N–H and O–H groups in total. The summed E-state index contributed by atoms with van der Waals surface area (Å²) in [4.78, 5) is 13.2. The van der Waals surface area contributed by atoms with E-state index in [9.17, 15) is 4.79 Å². The van der Waals surface area contributed by atoms with Crippen LogP contribution >= 0.6 is 0 Å². The van der Waals surface area contributed by atoms with E-state index in [1.165, 1.54) is 16.8 Å². The lowest BCUT2D eigenvalue weighted by Crippen LogP contribution is -2.48. The Labute approximate surface area is 127 Å². The SMILES string of the molecule is CCCC1(C(=O)C2Cc3cccc(C)c3N2)CCNCC1. The number of hydrogen-bond donors (Lipinski definition) is 2. The number of aryl methyl sites for hydroxylation is 1. The molecule has 2 aliphatic rings. The van der Waals surface area contributed by atoms with Gasteiger partial charge in [-0.1, -0.05) is 31.5 Å². The summed E-state index contributed by atoms with van der Waals surface area (Å²) in [6.07, 6.45) is 4.96. The first-order chi connectivity index (χ1) is 10.2. The molecule has 1 aromatic rings. The third-order valence-electron chi connectivity index (χ3n) is 5.23. The van der Waals surface area contributed by atoms with Gasteiger partial charge in [-0.15, -0.1) is 0 Å².